The van der Waals surface area contributed by atoms with E-state index >= 15 is 0 Å². The Morgan fingerprint density at radius 2 is 1.94 bits per heavy atom. The third-order valence-corrected chi connectivity index (χ3v) is 2.55. The lowest BCUT2D eigenvalue weighted by Gasteiger charge is -2.25. The lowest BCUT2D eigenvalue weighted by atomic mass is 9.86. The molecule has 0 spiro atoms. The van der Waals surface area contributed by atoms with Crippen LogP contribution in [0.25, 0.3) is 0 Å². The number of ether oxygens (including phenoxy) is 1. The second-order valence-electron chi connectivity index (χ2n) is 4.87. The molecule has 0 heterocycles. The Balaban J connectivity index is 4.50. The number of aliphatic hydroxyl groups is 1. The van der Waals surface area contributed by atoms with Crippen LogP contribution in [-0.2, 0) is 14.3 Å². The molecule has 1 amide bonds. The molecule has 5 heteroatoms. The van der Waals surface area contributed by atoms with Crippen molar-refractivity contribution in [3.8, 4) is 0 Å². The summed E-state index contributed by atoms with van der Waals surface area (Å²) in [7, 11) is 3.35. The van der Waals surface area contributed by atoms with E-state index in [4.69, 9.17) is 4.74 Å². The number of carbonyl (C=O) groups is 2. The molecule has 104 valence electrons. The first-order valence-corrected chi connectivity index (χ1v) is 5.95. The Bertz CT molecular complexity index is 321. The van der Waals surface area contributed by atoms with Crippen LogP contribution in [0.2, 0.25) is 0 Å². The highest BCUT2D eigenvalue weighted by molar-refractivity contribution is 5.77. The normalized spacial score (nSPS) is 13.4. The molecule has 0 aliphatic rings. The number of rotatable bonds is 6. The fraction of sp³-hybridized carbons (Fsp3) is 0.692. The highest BCUT2D eigenvalue weighted by atomic mass is 16.5. The van der Waals surface area contributed by atoms with Crippen molar-refractivity contribution in [3.05, 3.63) is 12.2 Å². The molecule has 18 heavy (non-hydrogen) atoms. The van der Waals surface area contributed by atoms with Crippen LogP contribution in [0.3, 0.4) is 0 Å². The summed E-state index contributed by atoms with van der Waals surface area (Å²) in [6.45, 7) is 5.34. The lowest BCUT2D eigenvalue weighted by molar-refractivity contribution is -0.157. The largest absolute Gasteiger partial charge is 0.464 e. The minimum Gasteiger partial charge on any atom is -0.464 e. The van der Waals surface area contributed by atoms with Crippen molar-refractivity contribution in [2.24, 2.45) is 5.41 Å². The van der Waals surface area contributed by atoms with Crippen LogP contribution < -0.4 is 0 Å². The van der Waals surface area contributed by atoms with E-state index in [0.29, 0.717) is 0 Å². The van der Waals surface area contributed by atoms with Gasteiger partial charge in [-0.25, -0.2) is 4.79 Å². The fourth-order valence-electron chi connectivity index (χ4n) is 1.26. The van der Waals surface area contributed by atoms with Crippen molar-refractivity contribution in [1.29, 1.82) is 0 Å². The van der Waals surface area contributed by atoms with Crippen LogP contribution in [-0.4, -0.2) is 48.7 Å². The summed E-state index contributed by atoms with van der Waals surface area (Å²) in [6, 6.07) is 0. The molecule has 0 aliphatic heterocycles. The highest BCUT2D eigenvalue weighted by Gasteiger charge is 2.32. The van der Waals surface area contributed by atoms with Crippen LogP contribution in [0.15, 0.2) is 12.2 Å². The summed E-state index contributed by atoms with van der Waals surface area (Å²) in [5, 5.41) is 9.83. The average molecular weight is 257 g/mol. The topological polar surface area (TPSA) is 66.8 Å². The summed E-state index contributed by atoms with van der Waals surface area (Å²) in [4.78, 5) is 24.3. The van der Waals surface area contributed by atoms with E-state index in [0.717, 1.165) is 0 Å². The van der Waals surface area contributed by atoms with Crippen LogP contribution in [0.1, 0.15) is 27.2 Å². The Labute approximate surface area is 108 Å². The summed E-state index contributed by atoms with van der Waals surface area (Å²) in [5.41, 5.74) is -0.765. The minimum absolute atomic E-state index is 0.0346. The van der Waals surface area contributed by atoms with E-state index < -0.39 is 17.5 Å². The third kappa shape index (κ3) is 5.31. The SMILES string of the molecule is CCOC(=O)[C@H](O)C(C)(C)/C=C/CC(=O)N(C)C. The summed E-state index contributed by atoms with van der Waals surface area (Å²) in [6.07, 6.45) is 2.33. The number of carbonyl (C=O) groups excluding carboxylic acids is 2. The van der Waals surface area contributed by atoms with E-state index in [1.807, 2.05) is 0 Å². The van der Waals surface area contributed by atoms with Crippen LogP contribution in [0, 0.1) is 5.41 Å². The van der Waals surface area contributed by atoms with Gasteiger partial charge < -0.3 is 14.7 Å². The Hall–Kier alpha value is -1.36. The van der Waals surface area contributed by atoms with Crippen molar-refractivity contribution in [2.45, 2.75) is 33.3 Å². The van der Waals surface area contributed by atoms with Gasteiger partial charge in [-0.2, -0.15) is 0 Å². The third-order valence-electron chi connectivity index (χ3n) is 2.55. The molecular weight excluding hydrogens is 234 g/mol. The molecule has 0 saturated carbocycles. The maximum Gasteiger partial charge on any atom is 0.335 e. The molecule has 0 saturated heterocycles. The molecule has 0 bridgehead atoms. The zero-order valence-corrected chi connectivity index (χ0v) is 11.8. The van der Waals surface area contributed by atoms with Gasteiger partial charge in [0, 0.05) is 25.9 Å². The standard InChI is InChI=1S/C13H23NO4/c1-6-18-12(17)11(16)13(2,3)9-7-8-10(15)14(4)5/h7,9,11,16H,6,8H2,1-5H3/b9-7+/t11-/m0/s1. The monoisotopic (exact) mass is 257 g/mol. The maximum atomic E-state index is 11.4. The van der Waals surface area contributed by atoms with Crippen LogP contribution >= 0.6 is 0 Å². The predicted molar refractivity (Wildman–Crippen MR) is 68.9 cm³/mol. The van der Waals surface area contributed by atoms with Gasteiger partial charge in [0.2, 0.25) is 5.91 Å². The van der Waals surface area contributed by atoms with E-state index in [1.54, 1.807) is 47.0 Å². The van der Waals surface area contributed by atoms with Crippen molar-refractivity contribution in [1.82, 2.24) is 4.90 Å². The lowest BCUT2D eigenvalue weighted by Crippen LogP contribution is -2.36. The second kappa shape index (κ2) is 7.16. The van der Waals surface area contributed by atoms with Gasteiger partial charge in [0.25, 0.3) is 0 Å². The molecule has 1 N–H and O–H groups in total. The van der Waals surface area contributed by atoms with Crippen LogP contribution in [0.4, 0.5) is 0 Å². The first-order valence-electron chi connectivity index (χ1n) is 5.95. The van der Waals surface area contributed by atoms with Crippen molar-refractivity contribution in [3.63, 3.8) is 0 Å². The highest BCUT2D eigenvalue weighted by Crippen LogP contribution is 2.23. The Morgan fingerprint density at radius 3 is 2.39 bits per heavy atom. The number of esters is 1. The van der Waals surface area contributed by atoms with E-state index in [9.17, 15) is 14.7 Å². The molecule has 1 atom stereocenters. The molecule has 0 aromatic carbocycles. The molecule has 0 aliphatic carbocycles. The Kier molecular flexibility index (Phi) is 6.62. The van der Waals surface area contributed by atoms with Gasteiger partial charge >= 0.3 is 5.97 Å². The van der Waals surface area contributed by atoms with E-state index in [-0.39, 0.29) is 18.9 Å². The first-order chi connectivity index (χ1) is 8.22. The molecule has 0 unspecified atom stereocenters. The molecule has 0 fully saturated rings. The number of hydrogen-bond donors (Lipinski definition) is 1. The minimum atomic E-state index is -1.23. The number of amides is 1. The van der Waals surface area contributed by atoms with Crippen LogP contribution in [0.5, 0.6) is 0 Å². The molecule has 0 aromatic rings. The van der Waals surface area contributed by atoms with Gasteiger partial charge in [-0.3, -0.25) is 4.79 Å². The summed E-state index contributed by atoms with van der Waals surface area (Å²) in [5.74, 6) is -0.682. The second-order valence-corrected chi connectivity index (χ2v) is 4.87. The zero-order valence-electron chi connectivity index (χ0n) is 11.8. The van der Waals surface area contributed by atoms with Gasteiger partial charge in [-0.05, 0) is 6.92 Å². The molecule has 0 rings (SSSR count). The van der Waals surface area contributed by atoms with Gasteiger partial charge in [0.15, 0.2) is 6.10 Å². The molecular formula is C13H23NO4. The van der Waals surface area contributed by atoms with E-state index in [1.165, 1.54) is 4.90 Å². The van der Waals surface area contributed by atoms with Crippen molar-refractivity contribution < 1.29 is 19.4 Å². The summed E-state index contributed by atoms with van der Waals surface area (Å²) < 4.78 is 4.76. The fourth-order valence-corrected chi connectivity index (χ4v) is 1.26. The molecule has 0 radical (unpaired) electrons. The average Bonchev–Trinajstić information content (AvgIpc) is 2.27. The van der Waals surface area contributed by atoms with Gasteiger partial charge in [0.1, 0.15) is 0 Å². The number of hydrogen-bond acceptors (Lipinski definition) is 4. The first kappa shape index (κ1) is 16.6. The van der Waals surface area contributed by atoms with Crippen molar-refractivity contribution >= 4 is 11.9 Å². The number of aliphatic hydroxyl groups excluding tert-OH is 1. The zero-order chi connectivity index (χ0) is 14.3. The Morgan fingerprint density at radius 1 is 1.39 bits per heavy atom. The smallest absolute Gasteiger partial charge is 0.335 e. The quantitative estimate of drug-likeness (QED) is 0.569. The van der Waals surface area contributed by atoms with Crippen molar-refractivity contribution in [2.75, 3.05) is 20.7 Å². The van der Waals surface area contributed by atoms with Gasteiger partial charge in [0.05, 0.1) is 6.61 Å². The summed E-state index contributed by atoms with van der Waals surface area (Å²) >= 11 is 0. The van der Waals surface area contributed by atoms with E-state index in [2.05, 4.69) is 0 Å². The van der Waals surface area contributed by atoms with Gasteiger partial charge in [-0.1, -0.05) is 26.0 Å². The maximum absolute atomic E-state index is 11.4. The predicted octanol–water partition coefficient (Wildman–Crippen LogP) is 0.971. The molecule has 5 nitrogen and oxygen atoms in total. The van der Waals surface area contributed by atoms with Gasteiger partial charge in [-0.15, -0.1) is 0 Å². The number of nitrogens with zero attached hydrogens (tertiary/aromatic N) is 1. The molecule has 0 aromatic heterocycles.